The molecule has 0 rings (SSSR count). The van der Waals surface area contributed by atoms with E-state index < -0.39 is 0 Å². The van der Waals surface area contributed by atoms with Gasteiger partial charge in [-0.1, -0.05) is 33.1 Å². The summed E-state index contributed by atoms with van der Waals surface area (Å²) in [5.41, 5.74) is 0. The topological polar surface area (TPSA) is 30.5 Å². The maximum Gasteiger partial charge on any atom is 0.0590 e. The largest absolute Gasteiger partial charge is 0.385 e. The van der Waals surface area contributed by atoms with E-state index in [-0.39, 0.29) is 0 Å². The smallest absolute Gasteiger partial charge is 0.0590 e. The van der Waals surface area contributed by atoms with Crippen LogP contribution in [0.4, 0.5) is 0 Å². The summed E-state index contributed by atoms with van der Waals surface area (Å²) in [5.74, 6) is 0.837. The Morgan fingerprint density at radius 2 is 1.88 bits per heavy atom. The summed E-state index contributed by atoms with van der Waals surface area (Å²) in [6.07, 6.45) is 6.29. The predicted octanol–water partition coefficient (Wildman–Crippen LogP) is 2.85. The molecule has 0 aliphatic heterocycles. The normalized spacial score (nSPS) is 12.9. The lowest BCUT2D eigenvalue weighted by molar-refractivity contribution is 0.104. The molecule has 0 aromatic carbocycles. The second-order valence-corrected chi connectivity index (χ2v) is 4.58. The molecule has 0 spiro atoms. The first-order valence-electron chi connectivity index (χ1n) is 7.12. The van der Waals surface area contributed by atoms with E-state index in [4.69, 9.17) is 9.47 Å². The molecule has 0 aromatic heterocycles. The van der Waals surface area contributed by atoms with Crippen LogP contribution in [-0.2, 0) is 9.47 Å². The Kier molecular flexibility index (Phi) is 13.8. The van der Waals surface area contributed by atoms with Crippen LogP contribution in [0, 0.1) is 5.92 Å². The van der Waals surface area contributed by atoms with Gasteiger partial charge in [-0.05, 0) is 25.3 Å². The first-order valence-corrected chi connectivity index (χ1v) is 7.12. The van der Waals surface area contributed by atoms with Crippen LogP contribution in [0.15, 0.2) is 0 Å². The van der Waals surface area contributed by atoms with E-state index in [1.54, 1.807) is 7.11 Å². The Morgan fingerprint density at radius 3 is 2.53 bits per heavy atom. The minimum Gasteiger partial charge on any atom is -0.385 e. The summed E-state index contributed by atoms with van der Waals surface area (Å²) in [5, 5.41) is 3.48. The Hall–Kier alpha value is -0.120. The number of nitrogens with one attached hydrogen (secondary N) is 1. The molecule has 3 nitrogen and oxygen atoms in total. The number of rotatable bonds is 13. The van der Waals surface area contributed by atoms with Gasteiger partial charge in [-0.3, -0.25) is 0 Å². The van der Waals surface area contributed by atoms with Crippen LogP contribution in [-0.4, -0.2) is 40.0 Å². The second-order valence-electron chi connectivity index (χ2n) is 4.58. The van der Waals surface area contributed by atoms with E-state index in [1.807, 2.05) is 0 Å². The molecular weight excluding hydrogens is 214 g/mol. The van der Waals surface area contributed by atoms with Crippen LogP contribution < -0.4 is 5.32 Å². The van der Waals surface area contributed by atoms with Gasteiger partial charge in [-0.2, -0.15) is 0 Å². The number of ether oxygens (including phenoxy) is 2. The van der Waals surface area contributed by atoms with Crippen LogP contribution in [0.3, 0.4) is 0 Å². The SMILES string of the molecule is CCCCC(CC)CNCCOCCCOC. The number of hydrogen-bond acceptors (Lipinski definition) is 3. The van der Waals surface area contributed by atoms with Gasteiger partial charge in [-0.25, -0.2) is 0 Å². The van der Waals surface area contributed by atoms with Gasteiger partial charge in [0.25, 0.3) is 0 Å². The highest BCUT2D eigenvalue weighted by Gasteiger charge is 2.04. The summed E-state index contributed by atoms with van der Waals surface area (Å²) < 4.78 is 10.4. The molecule has 0 radical (unpaired) electrons. The second kappa shape index (κ2) is 13.9. The highest BCUT2D eigenvalue weighted by atomic mass is 16.5. The molecule has 0 bridgehead atoms. The Labute approximate surface area is 107 Å². The average Bonchev–Trinajstić information content (AvgIpc) is 2.36. The maximum atomic E-state index is 5.49. The summed E-state index contributed by atoms with van der Waals surface area (Å²) in [4.78, 5) is 0. The van der Waals surface area contributed by atoms with Gasteiger partial charge in [-0.15, -0.1) is 0 Å². The van der Waals surface area contributed by atoms with Crippen molar-refractivity contribution in [1.29, 1.82) is 0 Å². The zero-order valence-corrected chi connectivity index (χ0v) is 12.0. The standard InChI is InChI=1S/C14H31NO2/c1-4-6-8-14(5-2)13-15-9-12-17-11-7-10-16-3/h14-15H,4-13H2,1-3H3. The fraction of sp³-hybridized carbons (Fsp3) is 1.00. The molecule has 3 heteroatoms. The molecule has 104 valence electrons. The highest BCUT2D eigenvalue weighted by molar-refractivity contribution is 4.60. The third-order valence-corrected chi connectivity index (χ3v) is 3.04. The molecule has 17 heavy (non-hydrogen) atoms. The minimum atomic E-state index is 0.794. The molecule has 0 aliphatic carbocycles. The van der Waals surface area contributed by atoms with Crippen molar-refractivity contribution in [2.24, 2.45) is 5.92 Å². The van der Waals surface area contributed by atoms with E-state index in [2.05, 4.69) is 19.2 Å². The number of hydrogen-bond donors (Lipinski definition) is 1. The molecule has 0 amide bonds. The average molecular weight is 245 g/mol. The molecule has 0 heterocycles. The molecule has 0 aliphatic rings. The van der Waals surface area contributed by atoms with Crippen molar-refractivity contribution in [3.05, 3.63) is 0 Å². The summed E-state index contributed by atoms with van der Waals surface area (Å²) in [6, 6.07) is 0. The van der Waals surface area contributed by atoms with Crippen molar-refractivity contribution in [3.8, 4) is 0 Å². The zero-order chi connectivity index (χ0) is 12.8. The van der Waals surface area contributed by atoms with Gasteiger partial charge in [0.1, 0.15) is 0 Å². The Morgan fingerprint density at radius 1 is 1.06 bits per heavy atom. The van der Waals surface area contributed by atoms with E-state index in [0.717, 1.165) is 45.2 Å². The van der Waals surface area contributed by atoms with E-state index in [9.17, 15) is 0 Å². The summed E-state index contributed by atoms with van der Waals surface area (Å²) in [6.45, 7) is 9.06. The van der Waals surface area contributed by atoms with Gasteiger partial charge in [0.2, 0.25) is 0 Å². The predicted molar refractivity (Wildman–Crippen MR) is 73.5 cm³/mol. The van der Waals surface area contributed by atoms with E-state index >= 15 is 0 Å². The van der Waals surface area contributed by atoms with Crippen molar-refractivity contribution >= 4 is 0 Å². The zero-order valence-electron chi connectivity index (χ0n) is 12.0. The lowest BCUT2D eigenvalue weighted by Crippen LogP contribution is -2.26. The van der Waals surface area contributed by atoms with Gasteiger partial charge < -0.3 is 14.8 Å². The van der Waals surface area contributed by atoms with E-state index in [0.29, 0.717) is 0 Å². The Balaban J connectivity index is 3.19. The third-order valence-electron chi connectivity index (χ3n) is 3.04. The molecule has 0 aromatic rings. The molecule has 1 N–H and O–H groups in total. The molecule has 0 saturated heterocycles. The van der Waals surface area contributed by atoms with Crippen LogP contribution in [0.2, 0.25) is 0 Å². The molecule has 1 unspecified atom stereocenters. The molecule has 1 atom stereocenters. The third kappa shape index (κ3) is 12.1. The quantitative estimate of drug-likeness (QED) is 0.506. The lowest BCUT2D eigenvalue weighted by Gasteiger charge is -2.15. The minimum absolute atomic E-state index is 0.794. The van der Waals surface area contributed by atoms with Crippen LogP contribution in [0.1, 0.15) is 46.0 Å². The first-order chi connectivity index (χ1) is 8.35. The van der Waals surface area contributed by atoms with Crippen molar-refractivity contribution in [3.63, 3.8) is 0 Å². The van der Waals surface area contributed by atoms with Crippen molar-refractivity contribution in [1.82, 2.24) is 5.32 Å². The number of methoxy groups -OCH3 is 1. The maximum absolute atomic E-state index is 5.49. The van der Waals surface area contributed by atoms with Crippen molar-refractivity contribution < 1.29 is 9.47 Å². The van der Waals surface area contributed by atoms with Gasteiger partial charge >= 0.3 is 0 Å². The van der Waals surface area contributed by atoms with Gasteiger partial charge in [0, 0.05) is 26.9 Å². The monoisotopic (exact) mass is 245 g/mol. The van der Waals surface area contributed by atoms with Crippen molar-refractivity contribution in [2.45, 2.75) is 46.0 Å². The van der Waals surface area contributed by atoms with Gasteiger partial charge in [0.05, 0.1) is 6.61 Å². The fourth-order valence-corrected chi connectivity index (χ4v) is 1.80. The lowest BCUT2D eigenvalue weighted by atomic mass is 9.99. The molecule has 0 fully saturated rings. The fourth-order valence-electron chi connectivity index (χ4n) is 1.80. The first kappa shape index (κ1) is 16.9. The molecule has 0 saturated carbocycles. The van der Waals surface area contributed by atoms with Crippen LogP contribution >= 0.6 is 0 Å². The summed E-state index contributed by atoms with van der Waals surface area (Å²) >= 11 is 0. The Bertz CT molecular complexity index is 142. The number of unbranched alkanes of at least 4 members (excludes halogenated alkanes) is 1. The van der Waals surface area contributed by atoms with Crippen molar-refractivity contribution in [2.75, 3.05) is 40.0 Å². The van der Waals surface area contributed by atoms with E-state index in [1.165, 1.54) is 25.7 Å². The van der Waals surface area contributed by atoms with Gasteiger partial charge in [0.15, 0.2) is 0 Å². The summed E-state index contributed by atoms with van der Waals surface area (Å²) in [7, 11) is 1.72. The van der Waals surface area contributed by atoms with Crippen LogP contribution in [0.5, 0.6) is 0 Å². The molecular formula is C14H31NO2. The highest BCUT2D eigenvalue weighted by Crippen LogP contribution is 2.10. The van der Waals surface area contributed by atoms with Crippen LogP contribution in [0.25, 0.3) is 0 Å².